The lowest BCUT2D eigenvalue weighted by atomic mass is 10.1. The number of alkyl halides is 3. The Balaban J connectivity index is 2.58. The Morgan fingerprint density at radius 1 is 1.26 bits per heavy atom. The summed E-state index contributed by atoms with van der Waals surface area (Å²) in [7, 11) is 1.48. The highest BCUT2D eigenvalue weighted by molar-refractivity contribution is 5.43. The molecule has 0 aliphatic heterocycles. The lowest BCUT2D eigenvalue weighted by Crippen LogP contribution is -2.10. The van der Waals surface area contributed by atoms with E-state index in [1.807, 2.05) is 6.92 Å². The van der Waals surface area contributed by atoms with Gasteiger partial charge in [0.2, 0.25) is 0 Å². The molecule has 1 rings (SSSR count). The first-order valence-electron chi connectivity index (χ1n) is 5.96. The second-order valence-electron chi connectivity index (χ2n) is 4.27. The fraction of sp³-hybridized carbons (Fsp3) is 0.538. The second kappa shape index (κ2) is 6.65. The van der Waals surface area contributed by atoms with Gasteiger partial charge >= 0.3 is 6.18 Å². The molecule has 0 aliphatic carbocycles. The number of methoxy groups -OCH3 is 1. The molecule has 1 aromatic carbocycles. The quantitative estimate of drug-likeness (QED) is 0.810. The first kappa shape index (κ1) is 15.6. The first-order valence-corrected chi connectivity index (χ1v) is 5.96. The lowest BCUT2D eigenvalue weighted by Gasteiger charge is -2.14. The van der Waals surface area contributed by atoms with Crippen molar-refractivity contribution in [3.63, 3.8) is 0 Å². The molecule has 3 nitrogen and oxygen atoms in total. The minimum Gasteiger partial charge on any atom is -0.493 e. The Morgan fingerprint density at radius 2 is 1.95 bits per heavy atom. The molecule has 0 unspecified atom stereocenters. The Hall–Kier alpha value is -1.43. The molecule has 0 saturated carbocycles. The van der Waals surface area contributed by atoms with Gasteiger partial charge in [-0.2, -0.15) is 13.2 Å². The third-order valence-electron chi connectivity index (χ3n) is 2.58. The molecule has 108 valence electrons. The third-order valence-corrected chi connectivity index (χ3v) is 2.58. The van der Waals surface area contributed by atoms with Gasteiger partial charge in [-0.1, -0.05) is 6.07 Å². The molecule has 1 atom stereocenters. The van der Waals surface area contributed by atoms with Crippen molar-refractivity contribution in [2.24, 2.45) is 5.73 Å². The van der Waals surface area contributed by atoms with E-state index in [0.29, 0.717) is 11.5 Å². The maximum absolute atomic E-state index is 12.0. The normalized spacial score (nSPS) is 13.2. The number of ether oxygens (including phenoxy) is 2. The van der Waals surface area contributed by atoms with Crippen molar-refractivity contribution in [3.05, 3.63) is 23.8 Å². The Labute approximate surface area is 110 Å². The van der Waals surface area contributed by atoms with E-state index in [9.17, 15) is 13.2 Å². The van der Waals surface area contributed by atoms with Gasteiger partial charge in [0.1, 0.15) is 0 Å². The summed E-state index contributed by atoms with van der Waals surface area (Å²) in [5, 5.41) is 0. The van der Waals surface area contributed by atoms with Crippen molar-refractivity contribution in [1.29, 1.82) is 0 Å². The number of halogens is 3. The summed E-state index contributed by atoms with van der Waals surface area (Å²) < 4.78 is 46.3. The first-order chi connectivity index (χ1) is 8.83. The molecule has 1 aromatic rings. The van der Waals surface area contributed by atoms with Crippen molar-refractivity contribution in [2.45, 2.75) is 32.0 Å². The summed E-state index contributed by atoms with van der Waals surface area (Å²) in [5.41, 5.74) is 6.61. The smallest absolute Gasteiger partial charge is 0.389 e. The van der Waals surface area contributed by atoms with Gasteiger partial charge in [0, 0.05) is 12.5 Å². The number of hydrogen-bond donors (Lipinski definition) is 1. The summed E-state index contributed by atoms with van der Waals surface area (Å²) in [4.78, 5) is 0. The molecule has 19 heavy (non-hydrogen) atoms. The van der Waals surface area contributed by atoms with E-state index in [1.54, 1.807) is 18.2 Å². The SMILES string of the molecule is COc1cc([C@@H](C)N)ccc1OCCCC(F)(F)F. The van der Waals surface area contributed by atoms with E-state index < -0.39 is 12.6 Å². The summed E-state index contributed by atoms with van der Waals surface area (Å²) in [6.07, 6.45) is -5.08. The minimum absolute atomic E-state index is 0.00655. The van der Waals surface area contributed by atoms with Gasteiger partial charge in [0.05, 0.1) is 13.7 Å². The predicted molar refractivity (Wildman–Crippen MR) is 66.4 cm³/mol. The zero-order valence-corrected chi connectivity index (χ0v) is 11.0. The highest BCUT2D eigenvalue weighted by Crippen LogP contribution is 2.30. The van der Waals surface area contributed by atoms with Crippen molar-refractivity contribution in [2.75, 3.05) is 13.7 Å². The van der Waals surface area contributed by atoms with Gasteiger partial charge in [0.25, 0.3) is 0 Å². The van der Waals surface area contributed by atoms with E-state index in [1.165, 1.54) is 7.11 Å². The molecule has 0 saturated heterocycles. The van der Waals surface area contributed by atoms with Crippen molar-refractivity contribution < 1.29 is 22.6 Å². The second-order valence-corrected chi connectivity index (χ2v) is 4.27. The summed E-state index contributed by atoms with van der Waals surface area (Å²) in [6, 6.07) is 5.01. The van der Waals surface area contributed by atoms with Crippen LogP contribution in [0.2, 0.25) is 0 Å². The van der Waals surface area contributed by atoms with E-state index in [0.717, 1.165) is 5.56 Å². The molecule has 0 fully saturated rings. The molecule has 0 amide bonds. The lowest BCUT2D eigenvalue weighted by molar-refractivity contribution is -0.136. The summed E-state index contributed by atoms with van der Waals surface area (Å²) in [6.45, 7) is 1.83. The van der Waals surface area contributed by atoms with Crippen LogP contribution in [0.1, 0.15) is 31.4 Å². The molecule has 0 heterocycles. The largest absolute Gasteiger partial charge is 0.493 e. The fourth-order valence-corrected chi connectivity index (χ4v) is 1.54. The van der Waals surface area contributed by atoms with Crippen LogP contribution in [-0.2, 0) is 0 Å². The van der Waals surface area contributed by atoms with Crippen LogP contribution in [0.5, 0.6) is 11.5 Å². The molecular weight excluding hydrogens is 259 g/mol. The fourth-order valence-electron chi connectivity index (χ4n) is 1.54. The van der Waals surface area contributed by atoms with Gasteiger partial charge in [-0.3, -0.25) is 0 Å². The number of nitrogens with two attached hydrogens (primary N) is 1. The van der Waals surface area contributed by atoms with Gasteiger partial charge in [-0.05, 0) is 31.0 Å². The molecule has 0 radical (unpaired) electrons. The highest BCUT2D eigenvalue weighted by Gasteiger charge is 2.26. The number of benzene rings is 1. The van der Waals surface area contributed by atoms with Gasteiger partial charge in [0.15, 0.2) is 11.5 Å². The van der Waals surface area contributed by atoms with Crippen LogP contribution in [0.3, 0.4) is 0 Å². The maximum atomic E-state index is 12.0. The van der Waals surface area contributed by atoms with E-state index in [-0.39, 0.29) is 19.1 Å². The van der Waals surface area contributed by atoms with Crippen molar-refractivity contribution in [3.8, 4) is 11.5 Å². The van der Waals surface area contributed by atoms with Crippen LogP contribution in [0, 0.1) is 0 Å². The van der Waals surface area contributed by atoms with Gasteiger partial charge in [-0.25, -0.2) is 0 Å². The van der Waals surface area contributed by atoms with Crippen molar-refractivity contribution >= 4 is 0 Å². The molecular formula is C13H18F3NO2. The Morgan fingerprint density at radius 3 is 2.47 bits per heavy atom. The van der Waals surface area contributed by atoms with Crippen LogP contribution >= 0.6 is 0 Å². The average molecular weight is 277 g/mol. The van der Waals surface area contributed by atoms with Crippen LogP contribution in [0.4, 0.5) is 13.2 Å². The molecule has 0 aliphatic rings. The zero-order valence-electron chi connectivity index (χ0n) is 11.0. The topological polar surface area (TPSA) is 44.5 Å². The van der Waals surface area contributed by atoms with E-state index in [2.05, 4.69) is 0 Å². The van der Waals surface area contributed by atoms with Gasteiger partial charge in [-0.15, -0.1) is 0 Å². The third kappa shape index (κ3) is 5.38. The van der Waals surface area contributed by atoms with Crippen LogP contribution in [-0.4, -0.2) is 19.9 Å². The molecule has 2 N–H and O–H groups in total. The van der Waals surface area contributed by atoms with E-state index in [4.69, 9.17) is 15.2 Å². The molecule has 0 aromatic heterocycles. The average Bonchev–Trinajstić information content (AvgIpc) is 2.33. The summed E-state index contributed by atoms with van der Waals surface area (Å²) in [5.74, 6) is 0.899. The Kier molecular flexibility index (Phi) is 5.47. The minimum atomic E-state index is -4.15. The standard InChI is InChI=1S/C13H18F3NO2/c1-9(17)10-4-5-11(12(8-10)18-2)19-7-3-6-13(14,15)16/h4-5,8-9H,3,6-7,17H2,1-2H3/t9-/m1/s1. The Bertz CT molecular complexity index is 405. The number of hydrogen-bond acceptors (Lipinski definition) is 3. The highest BCUT2D eigenvalue weighted by atomic mass is 19.4. The monoisotopic (exact) mass is 277 g/mol. The summed E-state index contributed by atoms with van der Waals surface area (Å²) >= 11 is 0. The van der Waals surface area contributed by atoms with Gasteiger partial charge < -0.3 is 15.2 Å². The maximum Gasteiger partial charge on any atom is 0.389 e. The molecule has 0 bridgehead atoms. The molecule has 0 spiro atoms. The van der Waals surface area contributed by atoms with Crippen LogP contribution < -0.4 is 15.2 Å². The molecule has 6 heteroatoms. The van der Waals surface area contributed by atoms with Crippen LogP contribution in [0.15, 0.2) is 18.2 Å². The van der Waals surface area contributed by atoms with Crippen LogP contribution in [0.25, 0.3) is 0 Å². The zero-order chi connectivity index (χ0) is 14.5. The van der Waals surface area contributed by atoms with E-state index >= 15 is 0 Å². The number of rotatable bonds is 6. The predicted octanol–water partition coefficient (Wildman–Crippen LogP) is 3.44. The van der Waals surface area contributed by atoms with Crippen molar-refractivity contribution in [1.82, 2.24) is 0 Å².